The molecule has 0 radical (unpaired) electrons. The fourth-order valence-corrected chi connectivity index (χ4v) is 3.02. The summed E-state index contributed by atoms with van der Waals surface area (Å²) in [7, 11) is 0. The highest BCUT2D eigenvalue weighted by atomic mass is 35.5. The van der Waals surface area contributed by atoms with Gasteiger partial charge in [-0.1, -0.05) is 23.2 Å². The molecule has 0 N–H and O–H groups in total. The number of fused-ring (bicyclic) bond motifs is 1. The molecule has 3 aromatic rings. The number of aromatic nitrogens is 2. The third kappa shape index (κ3) is 3.70. The van der Waals surface area contributed by atoms with E-state index in [4.69, 9.17) is 27.9 Å². The number of alkyl halides is 3. The van der Waals surface area contributed by atoms with Gasteiger partial charge in [0.25, 0.3) is 0 Å². The fraction of sp³-hybridized carbons (Fsp3) is 0.235. The van der Waals surface area contributed by atoms with Gasteiger partial charge < -0.3 is 9.30 Å². The van der Waals surface area contributed by atoms with Gasteiger partial charge >= 0.3 is 6.18 Å². The van der Waals surface area contributed by atoms with Crippen molar-refractivity contribution in [3.05, 3.63) is 57.8 Å². The van der Waals surface area contributed by atoms with Gasteiger partial charge in [-0.25, -0.2) is 4.98 Å². The van der Waals surface area contributed by atoms with Crippen molar-refractivity contribution in [2.45, 2.75) is 26.3 Å². The summed E-state index contributed by atoms with van der Waals surface area (Å²) in [4.78, 5) is 4.29. The number of hydrogen-bond donors (Lipinski definition) is 0. The van der Waals surface area contributed by atoms with Gasteiger partial charge in [0.05, 0.1) is 21.6 Å². The molecule has 0 unspecified atom stereocenters. The maximum atomic E-state index is 12.9. The molecule has 0 saturated carbocycles. The minimum atomic E-state index is -4.41. The Morgan fingerprint density at radius 3 is 2.52 bits per heavy atom. The van der Waals surface area contributed by atoms with Gasteiger partial charge in [0.1, 0.15) is 18.2 Å². The van der Waals surface area contributed by atoms with Gasteiger partial charge in [0.15, 0.2) is 0 Å². The van der Waals surface area contributed by atoms with Gasteiger partial charge in [0, 0.05) is 11.6 Å². The summed E-state index contributed by atoms with van der Waals surface area (Å²) < 4.78 is 46.1. The predicted molar refractivity (Wildman–Crippen MR) is 91.2 cm³/mol. The second-order valence-corrected chi connectivity index (χ2v) is 6.18. The predicted octanol–water partition coefficient (Wildman–Crippen LogP) is 5.96. The number of imidazole rings is 1. The number of benzene rings is 2. The van der Waals surface area contributed by atoms with Crippen molar-refractivity contribution in [2.24, 2.45) is 0 Å². The van der Waals surface area contributed by atoms with Crippen molar-refractivity contribution in [3.8, 4) is 5.75 Å². The minimum Gasteiger partial charge on any atom is -0.484 e. The van der Waals surface area contributed by atoms with E-state index in [2.05, 4.69) is 4.98 Å². The van der Waals surface area contributed by atoms with E-state index in [0.29, 0.717) is 33.7 Å². The number of hydrogen-bond acceptors (Lipinski definition) is 2. The number of aryl methyl sites for hydroxylation is 1. The lowest BCUT2D eigenvalue weighted by atomic mass is 10.2. The molecule has 0 amide bonds. The summed E-state index contributed by atoms with van der Waals surface area (Å²) in [6.07, 6.45) is -4.41. The highest BCUT2D eigenvalue weighted by molar-refractivity contribution is 6.35. The van der Waals surface area contributed by atoms with Crippen molar-refractivity contribution in [3.63, 3.8) is 0 Å². The molecular formula is C17H13Cl2F3N2O. The van der Waals surface area contributed by atoms with Crippen molar-refractivity contribution in [1.29, 1.82) is 0 Å². The molecule has 1 aromatic heterocycles. The largest absolute Gasteiger partial charge is 0.484 e. The van der Waals surface area contributed by atoms with E-state index in [1.165, 1.54) is 6.07 Å². The fourth-order valence-electron chi connectivity index (χ4n) is 2.55. The first-order valence-corrected chi connectivity index (χ1v) is 8.19. The summed E-state index contributed by atoms with van der Waals surface area (Å²) in [5.74, 6) is 0.944. The SMILES string of the molecule is CCn1c(COc2ccc(Cl)cc2Cl)nc2cc(C(F)(F)F)ccc21. The number of nitrogens with zero attached hydrogens (tertiary/aromatic N) is 2. The van der Waals surface area contributed by atoms with E-state index in [-0.39, 0.29) is 12.1 Å². The van der Waals surface area contributed by atoms with Crippen molar-refractivity contribution >= 4 is 34.2 Å². The molecule has 1 heterocycles. The number of rotatable bonds is 4. The van der Waals surface area contributed by atoms with Crippen molar-refractivity contribution < 1.29 is 17.9 Å². The molecule has 0 spiro atoms. The summed E-state index contributed by atoms with van der Waals surface area (Å²) in [6, 6.07) is 8.34. The van der Waals surface area contributed by atoms with Gasteiger partial charge in [-0.15, -0.1) is 0 Å². The van der Waals surface area contributed by atoms with Crippen LogP contribution in [-0.4, -0.2) is 9.55 Å². The van der Waals surface area contributed by atoms with Crippen LogP contribution in [0.3, 0.4) is 0 Å². The highest BCUT2D eigenvalue weighted by Gasteiger charge is 2.31. The summed E-state index contributed by atoms with van der Waals surface area (Å²) in [5.41, 5.74) is 0.169. The Bertz CT molecular complexity index is 922. The van der Waals surface area contributed by atoms with E-state index < -0.39 is 11.7 Å². The second-order valence-electron chi connectivity index (χ2n) is 5.34. The lowest BCUT2D eigenvalue weighted by Crippen LogP contribution is -2.06. The molecule has 3 rings (SSSR count). The first-order chi connectivity index (χ1) is 11.8. The molecule has 0 aliphatic carbocycles. The van der Waals surface area contributed by atoms with Crippen LogP contribution in [0.15, 0.2) is 36.4 Å². The van der Waals surface area contributed by atoms with Crippen molar-refractivity contribution in [1.82, 2.24) is 9.55 Å². The smallest absolute Gasteiger partial charge is 0.416 e. The van der Waals surface area contributed by atoms with Crippen LogP contribution in [0.4, 0.5) is 13.2 Å². The molecule has 0 atom stereocenters. The average Bonchev–Trinajstić information content (AvgIpc) is 2.89. The molecule has 0 saturated heterocycles. The van der Waals surface area contributed by atoms with Crippen LogP contribution in [0.25, 0.3) is 11.0 Å². The van der Waals surface area contributed by atoms with Crippen LogP contribution in [0.2, 0.25) is 10.0 Å². The quantitative estimate of drug-likeness (QED) is 0.551. The Labute approximate surface area is 151 Å². The van der Waals surface area contributed by atoms with Gasteiger partial charge in [-0.05, 0) is 43.3 Å². The normalized spacial score (nSPS) is 11.9. The van der Waals surface area contributed by atoms with E-state index in [1.54, 1.807) is 22.8 Å². The average molecular weight is 389 g/mol. The van der Waals surface area contributed by atoms with Crippen LogP contribution in [0.5, 0.6) is 5.75 Å². The molecule has 0 bridgehead atoms. The minimum absolute atomic E-state index is 0.0746. The third-order valence-corrected chi connectivity index (χ3v) is 4.25. The van der Waals surface area contributed by atoms with Crippen LogP contribution in [0, 0.1) is 0 Å². The van der Waals surface area contributed by atoms with E-state index in [1.807, 2.05) is 6.92 Å². The molecule has 132 valence electrons. The first-order valence-electron chi connectivity index (χ1n) is 7.44. The molecule has 25 heavy (non-hydrogen) atoms. The molecule has 0 aliphatic heterocycles. The molecular weight excluding hydrogens is 376 g/mol. The van der Waals surface area contributed by atoms with Gasteiger partial charge in [-0.3, -0.25) is 0 Å². The third-order valence-electron chi connectivity index (χ3n) is 3.72. The van der Waals surface area contributed by atoms with Crippen LogP contribution < -0.4 is 4.74 Å². The molecule has 0 aliphatic rings. The summed E-state index contributed by atoms with van der Waals surface area (Å²) in [6.45, 7) is 2.51. The zero-order chi connectivity index (χ0) is 18.2. The molecule has 3 nitrogen and oxygen atoms in total. The Morgan fingerprint density at radius 2 is 1.88 bits per heavy atom. The molecule has 2 aromatic carbocycles. The van der Waals surface area contributed by atoms with Gasteiger partial charge in [0.2, 0.25) is 0 Å². The first kappa shape index (κ1) is 17.9. The molecule has 8 heteroatoms. The Morgan fingerprint density at radius 1 is 1.12 bits per heavy atom. The van der Waals surface area contributed by atoms with Crippen molar-refractivity contribution in [2.75, 3.05) is 0 Å². The highest BCUT2D eigenvalue weighted by Crippen LogP contribution is 2.32. The van der Waals surface area contributed by atoms with E-state index >= 15 is 0 Å². The lowest BCUT2D eigenvalue weighted by Gasteiger charge is -2.10. The van der Waals surface area contributed by atoms with Crippen LogP contribution in [0.1, 0.15) is 18.3 Å². The van der Waals surface area contributed by atoms with E-state index in [9.17, 15) is 13.2 Å². The van der Waals surface area contributed by atoms with Gasteiger partial charge in [-0.2, -0.15) is 13.2 Å². The standard InChI is InChI=1S/C17H13Cl2F3N2O/c1-2-24-14-5-3-10(17(20,21)22)7-13(14)23-16(24)9-25-15-6-4-11(18)8-12(15)19/h3-8H,2,9H2,1H3. The zero-order valence-corrected chi connectivity index (χ0v) is 14.6. The second kappa shape index (κ2) is 6.77. The topological polar surface area (TPSA) is 27.1 Å². The Balaban J connectivity index is 1.92. The maximum Gasteiger partial charge on any atom is 0.416 e. The van der Waals surface area contributed by atoms with E-state index in [0.717, 1.165) is 12.1 Å². The summed E-state index contributed by atoms with van der Waals surface area (Å²) in [5, 5.41) is 0.837. The van der Waals surface area contributed by atoms with Crippen LogP contribution in [-0.2, 0) is 19.3 Å². The number of ether oxygens (including phenoxy) is 1. The Kier molecular flexibility index (Phi) is 4.84. The number of halogens is 5. The lowest BCUT2D eigenvalue weighted by molar-refractivity contribution is -0.137. The Hall–Kier alpha value is -1.92. The summed E-state index contributed by atoms with van der Waals surface area (Å²) >= 11 is 11.9. The maximum absolute atomic E-state index is 12.9. The zero-order valence-electron chi connectivity index (χ0n) is 13.1. The van der Waals surface area contributed by atoms with Crippen LogP contribution >= 0.6 is 23.2 Å². The molecule has 0 fully saturated rings. The monoisotopic (exact) mass is 388 g/mol.